The van der Waals surface area contributed by atoms with Crippen LogP contribution >= 0.6 is 11.5 Å². The number of nitro benzene ring substituents is 1. The first-order valence-electron chi connectivity index (χ1n) is 7.65. The first kappa shape index (κ1) is 16.5. The Kier molecular flexibility index (Phi) is 4.08. The summed E-state index contributed by atoms with van der Waals surface area (Å²) in [6, 6.07) is 6.39. The Balaban J connectivity index is 1.61. The molecule has 0 saturated heterocycles. The number of carbonyl (C=O) groups excluding carboxylic acids is 1. The third-order valence-corrected chi connectivity index (χ3v) is 4.62. The molecule has 1 aliphatic rings. The summed E-state index contributed by atoms with van der Waals surface area (Å²) in [7, 11) is 0. The van der Waals surface area contributed by atoms with Crippen molar-refractivity contribution in [2.45, 2.75) is 38.5 Å². The van der Waals surface area contributed by atoms with Crippen LogP contribution in [-0.4, -0.2) is 20.2 Å². The van der Waals surface area contributed by atoms with Crippen molar-refractivity contribution in [1.82, 2.24) is 9.36 Å². The Labute approximate surface area is 143 Å². The van der Waals surface area contributed by atoms with Crippen LogP contribution < -0.4 is 5.32 Å². The van der Waals surface area contributed by atoms with Gasteiger partial charge < -0.3 is 5.32 Å². The van der Waals surface area contributed by atoms with Crippen molar-refractivity contribution in [3.05, 3.63) is 45.8 Å². The van der Waals surface area contributed by atoms with E-state index < -0.39 is 4.92 Å². The predicted octanol–water partition coefficient (Wildman–Crippen LogP) is 3.49. The van der Waals surface area contributed by atoms with Crippen LogP contribution in [0.3, 0.4) is 0 Å². The number of nitrogens with one attached hydrogen (secondary N) is 1. The number of aromatic nitrogens is 2. The Bertz CT molecular complexity index is 779. The van der Waals surface area contributed by atoms with Gasteiger partial charge in [0.2, 0.25) is 11.0 Å². The molecule has 0 bridgehead atoms. The summed E-state index contributed by atoms with van der Waals surface area (Å²) in [5.41, 5.74) is 0.859. The summed E-state index contributed by atoms with van der Waals surface area (Å²) in [5, 5.41) is 14.0. The van der Waals surface area contributed by atoms with Gasteiger partial charge in [-0.3, -0.25) is 14.9 Å². The minimum Gasteiger partial charge on any atom is -0.300 e. The molecule has 0 unspecified atom stereocenters. The van der Waals surface area contributed by atoms with Crippen molar-refractivity contribution in [3.8, 4) is 0 Å². The fourth-order valence-corrected chi connectivity index (χ4v) is 3.23. The Hall–Kier alpha value is -2.35. The van der Waals surface area contributed by atoms with Crippen LogP contribution in [0.2, 0.25) is 0 Å². The van der Waals surface area contributed by atoms with Gasteiger partial charge in [0, 0.05) is 35.0 Å². The van der Waals surface area contributed by atoms with Gasteiger partial charge >= 0.3 is 0 Å². The number of nitrogens with zero attached hydrogens (tertiary/aromatic N) is 3. The van der Waals surface area contributed by atoms with Gasteiger partial charge in [0.05, 0.1) is 4.92 Å². The highest BCUT2D eigenvalue weighted by Gasteiger charge is 2.44. The third kappa shape index (κ3) is 3.43. The molecule has 1 amide bonds. The molecule has 1 aromatic heterocycles. The number of amides is 1. The molecule has 126 valence electrons. The zero-order chi connectivity index (χ0) is 17.5. The van der Waals surface area contributed by atoms with Crippen molar-refractivity contribution >= 4 is 28.3 Å². The number of nitro groups is 1. The van der Waals surface area contributed by atoms with Crippen molar-refractivity contribution in [1.29, 1.82) is 0 Å². The van der Waals surface area contributed by atoms with E-state index in [1.165, 1.54) is 23.7 Å². The number of hydrogen-bond donors (Lipinski definition) is 1. The second kappa shape index (κ2) is 5.94. The van der Waals surface area contributed by atoms with Crippen molar-refractivity contribution in [3.63, 3.8) is 0 Å². The van der Waals surface area contributed by atoms with Gasteiger partial charge in [-0.25, -0.2) is 4.98 Å². The lowest BCUT2D eigenvalue weighted by Gasteiger charge is -2.12. The van der Waals surface area contributed by atoms with Crippen LogP contribution in [0, 0.1) is 16.0 Å². The summed E-state index contributed by atoms with van der Waals surface area (Å²) in [6.45, 7) is 6.06. The van der Waals surface area contributed by atoms with E-state index in [2.05, 4.69) is 14.7 Å². The number of non-ortho nitro benzene ring substituents is 1. The van der Waals surface area contributed by atoms with Gasteiger partial charge in [-0.2, -0.15) is 4.37 Å². The molecule has 2 aromatic rings. The summed E-state index contributed by atoms with van der Waals surface area (Å²) >= 11 is 1.18. The molecule has 0 aliphatic heterocycles. The maximum atomic E-state index is 12.3. The summed E-state index contributed by atoms with van der Waals surface area (Å²) in [4.78, 5) is 26.9. The normalized spacial score (nSPS) is 19.8. The quantitative estimate of drug-likeness (QED) is 0.675. The molecule has 0 spiro atoms. The largest absolute Gasteiger partial charge is 0.300 e. The smallest absolute Gasteiger partial charge is 0.269 e. The number of hydrogen-bond acceptors (Lipinski definition) is 6. The minimum atomic E-state index is -0.427. The highest BCUT2D eigenvalue weighted by atomic mass is 32.1. The number of benzene rings is 1. The second-order valence-corrected chi connectivity index (χ2v) is 7.71. The van der Waals surface area contributed by atoms with Gasteiger partial charge in [0.1, 0.15) is 5.82 Å². The number of rotatable bonds is 4. The molecule has 0 radical (unpaired) electrons. The highest BCUT2D eigenvalue weighted by Crippen LogP contribution is 2.48. The lowest BCUT2D eigenvalue weighted by atomic mass is 9.96. The molecule has 1 N–H and O–H groups in total. The maximum Gasteiger partial charge on any atom is 0.269 e. The molecule has 2 atom stereocenters. The second-order valence-electron chi connectivity index (χ2n) is 6.96. The monoisotopic (exact) mass is 346 g/mol. The van der Waals surface area contributed by atoms with E-state index >= 15 is 0 Å². The molecule has 1 aromatic carbocycles. The molecule has 7 nitrogen and oxygen atoms in total. The van der Waals surface area contributed by atoms with Gasteiger partial charge in [-0.15, -0.1) is 0 Å². The van der Waals surface area contributed by atoms with Crippen LogP contribution in [0.15, 0.2) is 24.3 Å². The SMILES string of the molecule is CC(C)(C)c1nsc(NC(=O)[C@@H]2C[C@H]2c2ccc([N+](=O)[O-])cc2)n1. The van der Waals surface area contributed by atoms with Gasteiger partial charge in [-0.05, 0) is 17.9 Å². The van der Waals surface area contributed by atoms with Crippen molar-refractivity contribution < 1.29 is 9.72 Å². The van der Waals surface area contributed by atoms with E-state index in [9.17, 15) is 14.9 Å². The van der Waals surface area contributed by atoms with Crippen LogP contribution in [0.5, 0.6) is 0 Å². The zero-order valence-corrected chi connectivity index (χ0v) is 14.5. The molecule has 8 heteroatoms. The maximum absolute atomic E-state index is 12.3. The molecule has 3 rings (SSSR count). The standard InChI is InChI=1S/C16H18N4O3S/c1-16(2,3)14-18-15(24-19-14)17-13(21)12-8-11(12)9-4-6-10(7-5-9)20(22)23/h4-7,11-12H,8H2,1-3H3,(H,17,18,19,21)/t11-,12+/m0/s1. The van der Waals surface area contributed by atoms with Crippen molar-refractivity contribution in [2.75, 3.05) is 5.32 Å². The van der Waals surface area contributed by atoms with E-state index in [4.69, 9.17) is 0 Å². The lowest BCUT2D eigenvalue weighted by Crippen LogP contribution is -2.16. The first-order valence-corrected chi connectivity index (χ1v) is 8.42. The minimum absolute atomic E-state index is 0.0592. The van der Waals surface area contributed by atoms with Crippen LogP contribution in [-0.2, 0) is 10.2 Å². The summed E-state index contributed by atoms with van der Waals surface area (Å²) < 4.78 is 4.28. The first-order chi connectivity index (χ1) is 11.3. The van der Waals surface area contributed by atoms with Crippen molar-refractivity contribution in [2.24, 2.45) is 5.92 Å². The van der Waals surface area contributed by atoms with E-state index in [1.54, 1.807) is 12.1 Å². The molecule has 1 heterocycles. The average molecular weight is 346 g/mol. The Morgan fingerprint density at radius 1 is 1.33 bits per heavy atom. The van der Waals surface area contributed by atoms with Crippen LogP contribution in [0.25, 0.3) is 0 Å². The number of anilines is 1. The van der Waals surface area contributed by atoms with Gasteiger partial charge in [-0.1, -0.05) is 32.9 Å². The fraction of sp³-hybridized carbons (Fsp3) is 0.438. The Morgan fingerprint density at radius 3 is 2.54 bits per heavy atom. The average Bonchev–Trinajstić information content (AvgIpc) is 3.18. The third-order valence-electron chi connectivity index (χ3n) is 3.99. The molecule has 1 saturated carbocycles. The van der Waals surface area contributed by atoms with Crippen LogP contribution in [0.4, 0.5) is 10.8 Å². The predicted molar refractivity (Wildman–Crippen MR) is 91.2 cm³/mol. The van der Waals surface area contributed by atoms with E-state index in [-0.39, 0.29) is 28.8 Å². The zero-order valence-electron chi connectivity index (χ0n) is 13.6. The Morgan fingerprint density at radius 2 is 2.00 bits per heavy atom. The number of carbonyl (C=O) groups is 1. The fourth-order valence-electron chi connectivity index (χ4n) is 2.47. The van der Waals surface area contributed by atoms with Crippen LogP contribution in [0.1, 0.15) is 44.5 Å². The van der Waals surface area contributed by atoms with Gasteiger partial charge in [0.15, 0.2) is 0 Å². The molecular weight excluding hydrogens is 328 g/mol. The van der Waals surface area contributed by atoms with E-state index in [0.29, 0.717) is 11.0 Å². The topological polar surface area (TPSA) is 98.0 Å². The van der Waals surface area contributed by atoms with E-state index in [1.807, 2.05) is 20.8 Å². The summed E-state index contributed by atoms with van der Waals surface area (Å²) in [5.74, 6) is 0.634. The highest BCUT2D eigenvalue weighted by molar-refractivity contribution is 7.09. The lowest BCUT2D eigenvalue weighted by molar-refractivity contribution is -0.384. The van der Waals surface area contributed by atoms with E-state index in [0.717, 1.165) is 12.0 Å². The summed E-state index contributed by atoms with van der Waals surface area (Å²) in [6.07, 6.45) is 0.745. The molecule has 24 heavy (non-hydrogen) atoms. The molecule has 1 aliphatic carbocycles. The molecule has 1 fully saturated rings. The van der Waals surface area contributed by atoms with Gasteiger partial charge in [0.25, 0.3) is 5.69 Å². The molecular formula is C16H18N4O3S.